The maximum atomic E-state index is 11.2. The predicted octanol–water partition coefficient (Wildman–Crippen LogP) is 1.24. The van der Waals surface area contributed by atoms with Crippen molar-refractivity contribution in [3.05, 3.63) is 60.7 Å². The van der Waals surface area contributed by atoms with Crippen molar-refractivity contribution in [1.29, 1.82) is 0 Å². The van der Waals surface area contributed by atoms with Crippen LogP contribution in [0.5, 0.6) is 0 Å². The summed E-state index contributed by atoms with van der Waals surface area (Å²) in [5, 5.41) is 9.46. The van der Waals surface area contributed by atoms with Gasteiger partial charge in [0.2, 0.25) is 5.91 Å². The Morgan fingerprint density at radius 1 is 1.44 bits per heavy atom. The fourth-order valence-electron chi connectivity index (χ4n) is 1.72. The minimum absolute atomic E-state index is 0.0439. The van der Waals surface area contributed by atoms with Crippen LogP contribution in [0.2, 0.25) is 0 Å². The van der Waals surface area contributed by atoms with E-state index in [1.807, 2.05) is 30.3 Å². The van der Waals surface area contributed by atoms with Crippen molar-refractivity contribution in [2.75, 3.05) is 6.54 Å². The van der Waals surface area contributed by atoms with Gasteiger partial charge < -0.3 is 5.32 Å². The number of nitrogens with one attached hydrogen (secondary N) is 2. The van der Waals surface area contributed by atoms with Crippen molar-refractivity contribution in [3.63, 3.8) is 0 Å². The number of carbonyl (C=O) groups excluding carboxylic acids is 1. The van der Waals surface area contributed by atoms with E-state index in [2.05, 4.69) is 27.1 Å². The Kier molecular flexibility index (Phi) is 3.86. The Morgan fingerprint density at radius 3 is 2.83 bits per heavy atom. The van der Waals surface area contributed by atoms with Crippen LogP contribution in [0.1, 0.15) is 17.3 Å². The molecular weight excluding hydrogens is 228 g/mol. The quantitative estimate of drug-likeness (QED) is 0.775. The van der Waals surface area contributed by atoms with E-state index in [1.165, 1.54) is 12.4 Å². The number of hydrogen-bond acceptors (Lipinski definition) is 3. The lowest BCUT2D eigenvalue weighted by Crippen LogP contribution is -2.27. The largest absolute Gasteiger partial charge is 0.351 e. The number of aromatic amines is 1. The second kappa shape index (κ2) is 5.77. The van der Waals surface area contributed by atoms with Gasteiger partial charge in [0, 0.05) is 6.54 Å². The Morgan fingerprint density at radius 2 is 2.22 bits per heavy atom. The molecule has 0 unspecified atom stereocenters. The third kappa shape index (κ3) is 2.82. The molecule has 0 saturated carbocycles. The smallest absolute Gasteiger partial charge is 0.243 e. The van der Waals surface area contributed by atoms with Crippen molar-refractivity contribution in [2.45, 2.75) is 5.92 Å². The lowest BCUT2D eigenvalue weighted by Gasteiger charge is -2.14. The highest BCUT2D eigenvalue weighted by Gasteiger charge is 2.17. The minimum Gasteiger partial charge on any atom is -0.351 e. The second-order valence-electron chi connectivity index (χ2n) is 3.78. The first-order valence-electron chi connectivity index (χ1n) is 5.61. The van der Waals surface area contributed by atoms with Crippen molar-refractivity contribution in [1.82, 2.24) is 20.5 Å². The number of hydrogen-bond donors (Lipinski definition) is 2. The van der Waals surface area contributed by atoms with Crippen LogP contribution in [0.4, 0.5) is 0 Å². The molecule has 92 valence electrons. The predicted molar refractivity (Wildman–Crippen MR) is 67.9 cm³/mol. The Hall–Kier alpha value is -2.43. The zero-order valence-electron chi connectivity index (χ0n) is 9.84. The molecule has 1 aromatic carbocycles. The molecule has 0 aliphatic rings. The number of aromatic nitrogens is 3. The molecule has 5 nitrogen and oxygen atoms in total. The molecule has 1 heterocycles. The Labute approximate surface area is 105 Å². The summed E-state index contributed by atoms with van der Waals surface area (Å²) in [6.45, 7) is 3.87. The van der Waals surface area contributed by atoms with E-state index in [-0.39, 0.29) is 11.8 Å². The first-order valence-corrected chi connectivity index (χ1v) is 5.61. The maximum Gasteiger partial charge on any atom is 0.243 e. The van der Waals surface area contributed by atoms with Crippen LogP contribution in [-0.4, -0.2) is 27.6 Å². The lowest BCUT2D eigenvalue weighted by molar-refractivity contribution is -0.116. The standard InChI is InChI=1S/C13H14N4O/c1-2-12(18)14-8-11(13-15-9-16-17-13)10-6-4-3-5-7-10/h2-7,9,11H,1,8H2,(H,14,18)(H,15,16,17)/t11-/m0/s1. The number of amides is 1. The highest BCUT2D eigenvalue weighted by Crippen LogP contribution is 2.20. The van der Waals surface area contributed by atoms with Gasteiger partial charge in [0.05, 0.1) is 5.92 Å². The molecule has 2 rings (SSSR count). The van der Waals surface area contributed by atoms with Crippen LogP contribution in [0, 0.1) is 0 Å². The molecule has 1 aromatic heterocycles. The monoisotopic (exact) mass is 242 g/mol. The highest BCUT2D eigenvalue weighted by atomic mass is 16.1. The van der Waals surface area contributed by atoms with Crippen molar-refractivity contribution in [2.24, 2.45) is 0 Å². The molecule has 0 fully saturated rings. The van der Waals surface area contributed by atoms with E-state index < -0.39 is 0 Å². The Bertz CT molecular complexity index is 507. The summed E-state index contributed by atoms with van der Waals surface area (Å²) in [5.41, 5.74) is 1.07. The van der Waals surface area contributed by atoms with Gasteiger partial charge in [0.15, 0.2) is 0 Å². The summed E-state index contributed by atoms with van der Waals surface area (Å²) in [5.74, 6) is 0.485. The molecule has 0 bridgehead atoms. The fraction of sp³-hybridized carbons (Fsp3) is 0.154. The van der Waals surface area contributed by atoms with E-state index in [1.54, 1.807) is 0 Å². The zero-order valence-corrected chi connectivity index (χ0v) is 9.84. The van der Waals surface area contributed by atoms with Gasteiger partial charge >= 0.3 is 0 Å². The third-order valence-corrected chi connectivity index (χ3v) is 2.63. The van der Waals surface area contributed by atoms with Gasteiger partial charge in [-0.1, -0.05) is 36.9 Å². The van der Waals surface area contributed by atoms with E-state index in [0.29, 0.717) is 6.54 Å². The summed E-state index contributed by atoms with van der Waals surface area (Å²) in [6.07, 6.45) is 2.71. The van der Waals surface area contributed by atoms with Gasteiger partial charge in [-0.15, -0.1) is 0 Å². The zero-order chi connectivity index (χ0) is 12.8. The molecule has 0 aliphatic carbocycles. The summed E-state index contributed by atoms with van der Waals surface area (Å²) < 4.78 is 0. The van der Waals surface area contributed by atoms with E-state index in [0.717, 1.165) is 11.4 Å². The van der Waals surface area contributed by atoms with E-state index in [4.69, 9.17) is 0 Å². The minimum atomic E-state index is -0.199. The molecule has 0 aliphatic heterocycles. The van der Waals surface area contributed by atoms with Crippen LogP contribution in [-0.2, 0) is 4.79 Å². The van der Waals surface area contributed by atoms with Gasteiger partial charge in [0.25, 0.3) is 0 Å². The van der Waals surface area contributed by atoms with Crippen molar-refractivity contribution in [3.8, 4) is 0 Å². The van der Waals surface area contributed by atoms with E-state index in [9.17, 15) is 4.79 Å². The molecule has 2 aromatic rings. The number of rotatable bonds is 5. The molecule has 0 saturated heterocycles. The topological polar surface area (TPSA) is 70.7 Å². The molecule has 2 N–H and O–H groups in total. The van der Waals surface area contributed by atoms with Gasteiger partial charge in [-0.2, -0.15) is 5.10 Å². The summed E-state index contributed by atoms with van der Waals surface area (Å²) in [7, 11) is 0. The molecule has 1 amide bonds. The van der Waals surface area contributed by atoms with Crippen LogP contribution in [0.15, 0.2) is 49.3 Å². The molecule has 5 heteroatoms. The third-order valence-electron chi connectivity index (χ3n) is 2.63. The van der Waals surface area contributed by atoms with E-state index >= 15 is 0 Å². The summed E-state index contributed by atoms with van der Waals surface area (Å²) >= 11 is 0. The molecule has 0 radical (unpaired) electrons. The first-order chi connectivity index (χ1) is 8.81. The summed E-state index contributed by atoms with van der Waals surface area (Å²) in [4.78, 5) is 15.4. The molecular formula is C13H14N4O. The Balaban J connectivity index is 2.19. The average Bonchev–Trinajstić information content (AvgIpc) is 2.94. The molecule has 1 atom stereocenters. The summed E-state index contributed by atoms with van der Waals surface area (Å²) in [6, 6.07) is 9.84. The van der Waals surface area contributed by atoms with Crippen molar-refractivity contribution < 1.29 is 4.79 Å². The van der Waals surface area contributed by atoms with Crippen LogP contribution in [0.25, 0.3) is 0 Å². The number of nitrogens with zero attached hydrogens (tertiary/aromatic N) is 2. The second-order valence-corrected chi connectivity index (χ2v) is 3.78. The maximum absolute atomic E-state index is 11.2. The average molecular weight is 242 g/mol. The number of H-pyrrole nitrogens is 1. The van der Waals surface area contributed by atoms with Gasteiger partial charge in [-0.3, -0.25) is 9.89 Å². The van der Waals surface area contributed by atoms with Crippen LogP contribution < -0.4 is 5.32 Å². The lowest BCUT2D eigenvalue weighted by atomic mass is 9.98. The molecule has 0 spiro atoms. The normalized spacial score (nSPS) is 11.8. The number of benzene rings is 1. The van der Waals surface area contributed by atoms with Gasteiger partial charge in [0.1, 0.15) is 12.2 Å². The highest BCUT2D eigenvalue weighted by molar-refractivity contribution is 5.86. The van der Waals surface area contributed by atoms with Gasteiger partial charge in [-0.05, 0) is 11.6 Å². The fourth-order valence-corrected chi connectivity index (χ4v) is 1.72. The van der Waals surface area contributed by atoms with Crippen molar-refractivity contribution >= 4 is 5.91 Å². The SMILES string of the molecule is C=CC(=O)NC[C@@H](c1ccccc1)c1ncn[nH]1. The van der Waals surface area contributed by atoms with Crippen LogP contribution in [0.3, 0.4) is 0 Å². The molecule has 18 heavy (non-hydrogen) atoms. The van der Waals surface area contributed by atoms with Crippen LogP contribution >= 0.6 is 0 Å². The van der Waals surface area contributed by atoms with Gasteiger partial charge in [-0.25, -0.2) is 4.98 Å². The number of carbonyl (C=O) groups is 1. The first kappa shape index (κ1) is 12.0.